The standard InChI is InChI=1S/C20H16ClN3O4/c1-2-28-20(27)16-15-17(24(22-16)14-10-6-7-12(21)11-14)19(26)23(18(15)25)13-8-4-3-5-9-13/h3-11,17,22H,2H2,1H3. The van der Waals surface area contributed by atoms with Crippen LogP contribution < -0.4 is 15.3 Å². The summed E-state index contributed by atoms with van der Waals surface area (Å²) in [5.41, 5.74) is 3.87. The molecule has 2 amide bonds. The van der Waals surface area contributed by atoms with Crippen molar-refractivity contribution >= 4 is 40.8 Å². The van der Waals surface area contributed by atoms with Gasteiger partial charge in [0.1, 0.15) is 0 Å². The van der Waals surface area contributed by atoms with E-state index in [4.69, 9.17) is 16.3 Å². The van der Waals surface area contributed by atoms with Gasteiger partial charge in [0.2, 0.25) is 0 Å². The number of nitrogens with zero attached hydrogens (tertiary/aromatic N) is 2. The summed E-state index contributed by atoms with van der Waals surface area (Å²) in [5, 5.41) is 1.93. The zero-order chi connectivity index (χ0) is 19.8. The monoisotopic (exact) mass is 397 g/mol. The van der Waals surface area contributed by atoms with Gasteiger partial charge < -0.3 is 4.74 Å². The predicted molar refractivity (Wildman–Crippen MR) is 103 cm³/mol. The van der Waals surface area contributed by atoms with E-state index < -0.39 is 23.8 Å². The van der Waals surface area contributed by atoms with Crippen molar-refractivity contribution in [3.63, 3.8) is 0 Å². The molecule has 2 aliphatic rings. The molecule has 1 unspecified atom stereocenters. The number of esters is 1. The second-order valence-corrected chi connectivity index (χ2v) is 6.62. The summed E-state index contributed by atoms with van der Waals surface area (Å²) in [6.07, 6.45) is 0. The number of imide groups is 1. The Kier molecular flexibility index (Phi) is 4.52. The topological polar surface area (TPSA) is 79.0 Å². The van der Waals surface area contributed by atoms with E-state index in [2.05, 4.69) is 5.43 Å². The number of anilines is 2. The van der Waals surface area contributed by atoms with Gasteiger partial charge >= 0.3 is 5.97 Å². The molecule has 1 N–H and O–H groups in total. The number of hydrazine groups is 1. The van der Waals surface area contributed by atoms with Crippen LogP contribution in [0.1, 0.15) is 6.92 Å². The molecule has 0 spiro atoms. The van der Waals surface area contributed by atoms with Crippen molar-refractivity contribution in [1.29, 1.82) is 0 Å². The summed E-state index contributed by atoms with van der Waals surface area (Å²) in [6.45, 7) is 1.81. The Morgan fingerprint density at radius 1 is 1.11 bits per heavy atom. The number of carbonyl (C=O) groups excluding carboxylic acids is 3. The van der Waals surface area contributed by atoms with Crippen molar-refractivity contribution < 1.29 is 19.1 Å². The zero-order valence-electron chi connectivity index (χ0n) is 14.9. The number of nitrogens with one attached hydrogen (secondary N) is 1. The predicted octanol–water partition coefficient (Wildman–Crippen LogP) is 2.42. The second kappa shape index (κ2) is 7.01. The first-order valence-corrected chi connectivity index (χ1v) is 9.06. The minimum absolute atomic E-state index is 0.0383. The van der Waals surface area contributed by atoms with E-state index in [0.717, 1.165) is 4.90 Å². The number of hydrogen-bond donors (Lipinski definition) is 1. The fourth-order valence-corrected chi connectivity index (χ4v) is 3.52. The van der Waals surface area contributed by atoms with Gasteiger partial charge in [-0.1, -0.05) is 35.9 Å². The van der Waals surface area contributed by atoms with Crippen LogP contribution in [0.3, 0.4) is 0 Å². The molecule has 2 aliphatic heterocycles. The highest BCUT2D eigenvalue weighted by Gasteiger charge is 2.54. The summed E-state index contributed by atoms with van der Waals surface area (Å²) >= 11 is 6.08. The fourth-order valence-electron chi connectivity index (χ4n) is 3.33. The van der Waals surface area contributed by atoms with Crippen LogP contribution in [-0.4, -0.2) is 30.4 Å². The molecule has 1 fully saturated rings. The molecule has 4 rings (SSSR count). The third-order valence-corrected chi connectivity index (χ3v) is 4.74. The van der Waals surface area contributed by atoms with Gasteiger partial charge in [0.05, 0.1) is 23.6 Å². The molecule has 2 heterocycles. The Balaban J connectivity index is 1.82. The minimum atomic E-state index is -0.995. The van der Waals surface area contributed by atoms with Crippen molar-refractivity contribution in [3.05, 3.63) is 70.9 Å². The van der Waals surface area contributed by atoms with Crippen molar-refractivity contribution in [1.82, 2.24) is 5.43 Å². The van der Waals surface area contributed by atoms with Crippen LogP contribution >= 0.6 is 11.6 Å². The second-order valence-electron chi connectivity index (χ2n) is 6.19. The lowest BCUT2D eigenvalue weighted by Gasteiger charge is -2.26. The van der Waals surface area contributed by atoms with Gasteiger partial charge in [0, 0.05) is 5.02 Å². The van der Waals surface area contributed by atoms with Gasteiger partial charge in [-0.05, 0) is 37.3 Å². The molecule has 7 nitrogen and oxygen atoms in total. The van der Waals surface area contributed by atoms with Gasteiger partial charge in [0.25, 0.3) is 11.8 Å². The minimum Gasteiger partial charge on any atom is -0.461 e. The zero-order valence-corrected chi connectivity index (χ0v) is 15.6. The van der Waals surface area contributed by atoms with Gasteiger partial charge in [-0.15, -0.1) is 0 Å². The number of ether oxygens (including phenoxy) is 1. The van der Waals surface area contributed by atoms with Crippen molar-refractivity contribution in [3.8, 4) is 0 Å². The Hall–Kier alpha value is -3.32. The maximum atomic E-state index is 13.2. The van der Waals surface area contributed by atoms with E-state index in [1.807, 2.05) is 0 Å². The van der Waals surface area contributed by atoms with E-state index in [1.54, 1.807) is 61.5 Å². The van der Waals surface area contributed by atoms with Crippen LogP contribution in [0.5, 0.6) is 0 Å². The Morgan fingerprint density at radius 3 is 2.50 bits per heavy atom. The van der Waals surface area contributed by atoms with Crippen LogP contribution in [0.15, 0.2) is 65.9 Å². The molecule has 1 saturated heterocycles. The van der Waals surface area contributed by atoms with E-state index in [0.29, 0.717) is 16.4 Å². The van der Waals surface area contributed by atoms with Crippen LogP contribution in [0, 0.1) is 0 Å². The summed E-state index contributed by atoms with van der Waals surface area (Å²) < 4.78 is 5.07. The maximum absolute atomic E-state index is 13.2. The molecular formula is C20H16ClN3O4. The van der Waals surface area contributed by atoms with Crippen molar-refractivity contribution in [2.24, 2.45) is 0 Å². The third kappa shape index (κ3) is 2.80. The lowest BCUT2D eigenvalue weighted by molar-refractivity contribution is -0.139. The Labute approximate surface area is 166 Å². The molecular weight excluding hydrogens is 382 g/mol. The summed E-state index contributed by atoms with van der Waals surface area (Å²) in [4.78, 5) is 39.8. The number of hydrogen-bond acceptors (Lipinski definition) is 6. The Bertz CT molecular complexity index is 1010. The number of carbonyl (C=O) groups is 3. The summed E-state index contributed by atoms with van der Waals surface area (Å²) in [7, 11) is 0. The quantitative estimate of drug-likeness (QED) is 0.630. The van der Waals surface area contributed by atoms with E-state index in [9.17, 15) is 14.4 Å². The number of benzene rings is 2. The highest BCUT2D eigenvalue weighted by atomic mass is 35.5. The average Bonchev–Trinajstić information content (AvgIpc) is 3.20. The van der Waals surface area contributed by atoms with Crippen molar-refractivity contribution in [2.45, 2.75) is 13.0 Å². The first-order chi connectivity index (χ1) is 13.5. The van der Waals surface area contributed by atoms with Gasteiger partial charge in [-0.2, -0.15) is 0 Å². The van der Waals surface area contributed by atoms with Crippen LogP contribution in [-0.2, 0) is 19.1 Å². The largest absolute Gasteiger partial charge is 0.461 e. The van der Waals surface area contributed by atoms with Crippen molar-refractivity contribution in [2.75, 3.05) is 16.5 Å². The van der Waals surface area contributed by atoms with Gasteiger partial charge in [0.15, 0.2) is 11.7 Å². The fraction of sp³-hybridized carbons (Fsp3) is 0.150. The highest BCUT2D eigenvalue weighted by molar-refractivity contribution is 6.34. The molecule has 1 atom stereocenters. The van der Waals surface area contributed by atoms with Crippen LogP contribution in [0.4, 0.5) is 11.4 Å². The number of halogens is 1. The maximum Gasteiger partial charge on any atom is 0.356 e. The van der Waals surface area contributed by atoms with Gasteiger partial charge in [-0.25, -0.2) is 9.69 Å². The summed E-state index contributed by atoms with van der Waals surface area (Å²) in [6, 6.07) is 14.4. The number of rotatable bonds is 4. The molecule has 0 aliphatic carbocycles. The lowest BCUT2D eigenvalue weighted by Crippen LogP contribution is -2.46. The molecule has 0 bridgehead atoms. The number of amides is 2. The first-order valence-electron chi connectivity index (χ1n) is 8.69. The SMILES string of the molecule is CCOC(=O)C1=C2C(=O)N(c3ccccc3)C(=O)C2N(c2cccc(Cl)c2)N1. The lowest BCUT2D eigenvalue weighted by atomic mass is 10.1. The van der Waals surface area contributed by atoms with Crippen LogP contribution in [0.2, 0.25) is 5.02 Å². The molecule has 8 heteroatoms. The smallest absolute Gasteiger partial charge is 0.356 e. The number of para-hydroxylation sites is 1. The summed E-state index contributed by atoms with van der Waals surface area (Å²) in [5.74, 6) is -1.71. The highest BCUT2D eigenvalue weighted by Crippen LogP contribution is 2.37. The van der Waals surface area contributed by atoms with E-state index >= 15 is 0 Å². The van der Waals surface area contributed by atoms with E-state index in [-0.39, 0.29) is 17.9 Å². The third-order valence-electron chi connectivity index (χ3n) is 4.50. The van der Waals surface area contributed by atoms with E-state index in [1.165, 1.54) is 5.01 Å². The molecule has 2 aromatic rings. The molecule has 28 heavy (non-hydrogen) atoms. The number of fused-ring (bicyclic) bond motifs is 1. The van der Waals surface area contributed by atoms with Crippen LogP contribution in [0.25, 0.3) is 0 Å². The molecule has 142 valence electrons. The normalized spacial score (nSPS) is 18.4. The molecule has 0 radical (unpaired) electrons. The first kappa shape index (κ1) is 18.1. The molecule has 0 aromatic heterocycles. The average molecular weight is 398 g/mol. The molecule has 2 aromatic carbocycles. The molecule has 0 saturated carbocycles. The Morgan fingerprint density at radius 2 is 1.82 bits per heavy atom. The van der Waals surface area contributed by atoms with Gasteiger partial charge in [-0.3, -0.25) is 20.0 Å².